The van der Waals surface area contributed by atoms with Gasteiger partial charge in [0.2, 0.25) is 0 Å². The Kier molecular flexibility index (Phi) is 3.07. The van der Waals surface area contributed by atoms with Crippen LogP contribution in [0.15, 0.2) is 6.20 Å². The molecule has 1 aromatic rings. The van der Waals surface area contributed by atoms with Crippen molar-refractivity contribution in [1.82, 2.24) is 9.78 Å². The van der Waals surface area contributed by atoms with Crippen molar-refractivity contribution >= 4 is 0 Å². The predicted molar refractivity (Wildman–Crippen MR) is 58.4 cm³/mol. The van der Waals surface area contributed by atoms with E-state index in [2.05, 4.69) is 5.10 Å². The van der Waals surface area contributed by atoms with Gasteiger partial charge in [-0.05, 0) is 26.2 Å². The first kappa shape index (κ1) is 10.6. The smallest absolute Gasteiger partial charge is 0.0994 e. The Bertz CT molecular complexity index is 327. The number of nitrogens with two attached hydrogens (primary N) is 1. The largest absolute Gasteiger partial charge is 0.372 e. The highest BCUT2D eigenvalue weighted by atomic mass is 16.5. The van der Waals surface area contributed by atoms with E-state index in [4.69, 9.17) is 10.5 Å². The Hall–Kier alpha value is -0.870. The summed E-state index contributed by atoms with van der Waals surface area (Å²) in [7, 11) is 1.96. The van der Waals surface area contributed by atoms with Crippen molar-refractivity contribution in [3.05, 3.63) is 17.5 Å². The minimum Gasteiger partial charge on any atom is -0.372 e. The van der Waals surface area contributed by atoms with Crippen molar-refractivity contribution in [3.63, 3.8) is 0 Å². The third kappa shape index (κ3) is 2.06. The maximum Gasteiger partial charge on any atom is 0.0994 e. The molecule has 0 radical (unpaired) electrons. The Morgan fingerprint density at radius 1 is 1.60 bits per heavy atom. The average molecular weight is 209 g/mol. The van der Waals surface area contributed by atoms with Crippen LogP contribution in [0, 0.1) is 0 Å². The van der Waals surface area contributed by atoms with Gasteiger partial charge >= 0.3 is 0 Å². The molecule has 1 aliphatic heterocycles. The van der Waals surface area contributed by atoms with Gasteiger partial charge in [0.05, 0.1) is 18.0 Å². The van der Waals surface area contributed by atoms with E-state index >= 15 is 0 Å². The Morgan fingerprint density at radius 3 is 3.00 bits per heavy atom. The predicted octanol–water partition coefficient (Wildman–Crippen LogP) is 1.68. The van der Waals surface area contributed by atoms with E-state index in [0.29, 0.717) is 0 Å². The molecular formula is C11H19N3O. The molecule has 0 spiro atoms. The summed E-state index contributed by atoms with van der Waals surface area (Å²) in [6.07, 6.45) is 5.53. The molecule has 2 heterocycles. The molecule has 0 amide bonds. The lowest BCUT2D eigenvalue weighted by Gasteiger charge is -2.24. The minimum atomic E-state index is 0.0271. The average Bonchev–Trinajstić information content (AvgIpc) is 2.61. The van der Waals surface area contributed by atoms with E-state index in [0.717, 1.165) is 24.3 Å². The van der Waals surface area contributed by atoms with Gasteiger partial charge in [0.15, 0.2) is 0 Å². The van der Waals surface area contributed by atoms with Gasteiger partial charge in [-0.25, -0.2) is 0 Å². The number of rotatable bonds is 2. The van der Waals surface area contributed by atoms with Gasteiger partial charge in [-0.1, -0.05) is 0 Å². The molecule has 1 aliphatic rings. The SMILES string of the molecule is CC(N)c1cnn(C)c1C1CCCCO1. The quantitative estimate of drug-likeness (QED) is 0.806. The normalized spacial score (nSPS) is 24.1. The van der Waals surface area contributed by atoms with Crippen molar-refractivity contribution < 1.29 is 4.74 Å². The van der Waals surface area contributed by atoms with Crippen LogP contribution in [0.5, 0.6) is 0 Å². The van der Waals surface area contributed by atoms with Crippen molar-refractivity contribution in [2.45, 2.75) is 38.3 Å². The second-order valence-electron chi connectivity index (χ2n) is 4.25. The molecule has 4 nitrogen and oxygen atoms in total. The van der Waals surface area contributed by atoms with Crippen LogP contribution in [0.25, 0.3) is 0 Å². The van der Waals surface area contributed by atoms with Gasteiger partial charge < -0.3 is 10.5 Å². The first-order valence-corrected chi connectivity index (χ1v) is 5.59. The first-order valence-electron chi connectivity index (χ1n) is 5.59. The van der Waals surface area contributed by atoms with Crippen LogP contribution in [0.2, 0.25) is 0 Å². The van der Waals surface area contributed by atoms with Gasteiger partial charge in [-0.15, -0.1) is 0 Å². The van der Waals surface area contributed by atoms with Crippen LogP contribution < -0.4 is 5.73 Å². The van der Waals surface area contributed by atoms with E-state index in [9.17, 15) is 0 Å². The monoisotopic (exact) mass is 209 g/mol. The van der Waals surface area contributed by atoms with Gasteiger partial charge in [-0.2, -0.15) is 5.10 Å². The fourth-order valence-corrected chi connectivity index (χ4v) is 2.17. The third-order valence-electron chi connectivity index (χ3n) is 2.99. The molecule has 1 aromatic heterocycles. The van der Waals surface area contributed by atoms with Gasteiger partial charge in [0.1, 0.15) is 0 Å². The molecule has 1 fully saturated rings. The Balaban J connectivity index is 2.28. The summed E-state index contributed by atoms with van der Waals surface area (Å²) in [4.78, 5) is 0. The third-order valence-corrected chi connectivity index (χ3v) is 2.99. The summed E-state index contributed by atoms with van der Waals surface area (Å²) in [5, 5.41) is 4.27. The lowest BCUT2D eigenvalue weighted by Crippen LogP contribution is -2.18. The van der Waals surface area contributed by atoms with Gasteiger partial charge in [-0.3, -0.25) is 4.68 Å². The highest BCUT2D eigenvalue weighted by Crippen LogP contribution is 2.31. The van der Waals surface area contributed by atoms with E-state index in [1.165, 1.54) is 12.8 Å². The number of nitrogens with zero attached hydrogens (tertiary/aromatic N) is 2. The summed E-state index contributed by atoms with van der Waals surface area (Å²) in [5.74, 6) is 0. The first-order chi connectivity index (χ1) is 7.20. The highest BCUT2D eigenvalue weighted by molar-refractivity contribution is 5.23. The minimum absolute atomic E-state index is 0.0271. The van der Waals surface area contributed by atoms with Crippen LogP contribution in [-0.2, 0) is 11.8 Å². The van der Waals surface area contributed by atoms with Crippen LogP contribution >= 0.6 is 0 Å². The van der Waals surface area contributed by atoms with Crippen LogP contribution in [0.3, 0.4) is 0 Å². The number of hydrogen-bond donors (Lipinski definition) is 1. The molecule has 0 bridgehead atoms. The molecule has 2 rings (SSSR count). The molecule has 84 valence electrons. The Morgan fingerprint density at radius 2 is 2.40 bits per heavy atom. The molecule has 0 saturated carbocycles. The topological polar surface area (TPSA) is 53.1 Å². The lowest BCUT2D eigenvalue weighted by atomic mass is 10.0. The van der Waals surface area contributed by atoms with Crippen molar-refractivity contribution in [2.24, 2.45) is 12.8 Å². The van der Waals surface area contributed by atoms with Gasteiger partial charge in [0.25, 0.3) is 0 Å². The van der Waals surface area contributed by atoms with E-state index < -0.39 is 0 Å². The van der Waals surface area contributed by atoms with Crippen LogP contribution in [0.1, 0.15) is 49.6 Å². The molecule has 4 heteroatoms. The molecule has 2 atom stereocenters. The van der Waals surface area contributed by atoms with E-state index in [1.807, 2.05) is 24.9 Å². The summed E-state index contributed by atoms with van der Waals surface area (Å²) in [6, 6.07) is 0.0271. The summed E-state index contributed by atoms with van der Waals surface area (Å²) >= 11 is 0. The second kappa shape index (κ2) is 4.33. The standard InChI is InChI=1S/C11H19N3O/c1-8(12)9-7-13-14(2)11(9)10-5-3-4-6-15-10/h7-8,10H,3-6,12H2,1-2H3. The molecule has 0 aliphatic carbocycles. The zero-order valence-electron chi connectivity index (χ0n) is 9.44. The van der Waals surface area contributed by atoms with Crippen LogP contribution in [-0.4, -0.2) is 16.4 Å². The maximum atomic E-state index is 5.93. The lowest BCUT2D eigenvalue weighted by molar-refractivity contribution is 0.00936. The Labute approximate surface area is 90.4 Å². The van der Waals surface area contributed by atoms with Crippen molar-refractivity contribution in [3.8, 4) is 0 Å². The van der Waals surface area contributed by atoms with E-state index in [-0.39, 0.29) is 12.1 Å². The summed E-state index contributed by atoms with van der Waals surface area (Å²) in [6.45, 7) is 2.84. The molecular weight excluding hydrogens is 190 g/mol. The van der Waals surface area contributed by atoms with Crippen LogP contribution in [0.4, 0.5) is 0 Å². The summed E-state index contributed by atoms with van der Waals surface area (Å²) in [5.41, 5.74) is 8.20. The highest BCUT2D eigenvalue weighted by Gasteiger charge is 2.23. The van der Waals surface area contributed by atoms with Crippen molar-refractivity contribution in [1.29, 1.82) is 0 Å². The fraction of sp³-hybridized carbons (Fsp3) is 0.727. The molecule has 2 N–H and O–H groups in total. The maximum absolute atomic E-state index is 5.93. The molecule has 0 aromatic carbocycles. The second-order valence-corrected chi connectivity index (χ2v) is 4.25. The van der Waals surface area contributed by atoms with Crippen molar-refractivity contribution in [2.75, 3.05) is 6.61 Å². The summed E-state index contributed by atoms with van der Waals surface area (Å²) < 4.78 is 7.68. The number of aryl methyl sites for hydroxylation is 1. The molecule has 1 saturated heterocycles. The number of hydrogen-bond acceptors (Lipinski definition) is 3. The zero-order valence-corrected chi connectivity index (χ0v) is 9.44. The number of aromatic nitrogens is 2. The molecule has 15 heavy (non-hydrogen) atoms. The van der Waals surface area contributed by atoms with E-state index in [1.54, 1.807) is 0 Å². The molecule has 2 unspecified atom stereocenters. The van der Waals surface area contributed by atoms with Gasteiger partial charge in [0, 0.05) is 25.3 Å². The zero-order chi connectivity index (χ0) is 10.8. The number of ether oxygens (including phenoxy) is 1. The fourth-order valence-electron chi connectivity index (χ4n) is 2.17.